The molecule has 0 aromatic carbocycles. The number of aromatic nitrogens is 3. The van der Waals surface area contributed by atoms with Crippen molar-refractivity contribution in [2.24, 2.45) is 0 Å². The van der Waals surface area contributed by atoms with Crippen LogP contribution in [-0.2, 0) is 12.3 Å². The number of rotatable bonds is 6. The van der Waals surface area contributed by atoms with E-state index in [-0.39, 0.29) is 11.5 Å². The number of pyridine rings is 1. The molecule has 0 spiro atoms. The fraction of sp³-hybridized carbons (Fsp3) is 0.273. The monoisotopic (exact) mass is 309 g/mol. The molecule has 0 amide bonds. The maximum atomic E-state index is 10.8. The van der Waals surface area contributed by atoms with Gasteiger partial charge in [-0.05, 0) is 17.9 Å². The van der Waals surface area contributed by atoms with E-state index in [9.17, 15) is 20.2 Å². The van der Waals surface area contributed by atoms with Gasteiger partial charge in [-0.15, -0.1) is 0 Å². The van der Waals surface area contributed by atoms with Crippen molar-refractivity contribution in [2.45, 2.75) is 24.2 Å². The van der Waals surface area contributed by atoms with E-state index >= 15 is 0 Å². The Balaban J connectivity index is 2.09. The lowest BCUT2D eigenvalue weighted by atomic mass is 10.4. The Morgan fingerprint density at radius 2 is 1.95 bits per heavy atom. The summed E-state index contributed by atoms with van der Waals surface area (Å²) in [6, 6.07) is 2.90. The number of imidazole rings is 1. The standard InChI is InChI=1S/C11H11N5O4S/c1-2-14-9(12-6-11(14)16(19)20)7-21-10-4-3-8(5-13-10)15(17)18/h3-6H,2,7H2,1H3. The van der Waals surface area contributed by atoms with E-state index in [0.717, 1.165) is 0 Å². The second kappa shape index (κ2) is 6.31. The van der Waals surface area contributed by atoms with Gasteiger partial charge in [0, 0.05) is 6.07 Å². The predicted octanol–water partition coefficient (Wildman–Crippen LogP) is 2.41. The number of hydrogen-bond acceptors (Lipinski definition) is 7. The first-order valence-corrected chi connectivity index (χ1v) is 6.93. The highest BCUT2D eigenvalue weighted by Gasteiger charge is 2.18. The van der Waals surface area contributed by atoms with E-state index in [4.69, 9.17) is 0 Å². The van der Waals surface area contributed by atoms with Crippen LogP contribution in [0.25, 0.3) is 0 Å². The molecule has 0 fully saturated rings. The molecule has 9 nitrogen and oxygen atoms in total. The topological polar surface area (TPSA) is 117 Å². The van der Waals surface area contributed by atoms with Gasteiger partial charge in [-0.2, -0.15) is 0 Å². The van der Waals surface area contributed by atoms with E-state index < -0.39 is 9.85 Å². The van der Waals surface area contributed by atoms with Gasteiger partial charge in [-0.1, -0.05) is 11.8 Å². The van der Waals surface area contributed by atoms with Crippen LogP contribution >= 0.6 is 11.8 Å². The van der Waals surface area contributed by atoms with Gasteiger partial charge in [0.05, 0.1) is 22.2 Å². The second-order valence-corrected chi connectivity index (χ2v) is 4.93. The molecule has 2 heterocycles. The van der Waals surface area contributed by atoms with Gasteiger partial charge >= 0.3 is 5.82 Å². The van der Waals surface area contributed by atoms with Crippen molar-refractivity contribution in [2.75, 3.05) is 0 Å². The molecular formula is C11H11N5O4S. The maximum Gasteiger partial charge on any atom is 0.342 e. The van der Waals surface area contributed by atoms with Crippen molar-refractivity contribution < 1.29 is 9.85 Å². The van der Waals surface area contributed by atoms with E-state index in [0.29, 0.717) is 23.1 Å². The van der Waals surface area contributed by atoms with E-state index in [1.54, 1.807) is 6.92 Å². The smallest absolute Gasteiger partial charge is 0.342 e. The maximum absolute atomic E-state index is 10.8. The van der Waals surface area contributed by atoms with Crippen LogP contribution in [0.15, 0.2) is 29.6 Å². The Kier molecular flexibility index (Phi) is 4.48. The summed E-state index contributed by atoms with van der Waals surface area (Å²) in [7, 11) is 0. The molecule has 21 heavy (non-hydrogen) atoms. The predicted molar refractivity (Wildman–Crippen MR) is 75.0 cm³/mol. The summed E-state index contributed by atoms with van der Waals surface area (Å²) in [5, 5.41) is 21.9. The fourth-order valence-corrected chi connectivity index (χ4v) is 2.51. The van der Waals surface area contributed by atoms with Crippen LogP contribution in [0.3, 0.4) is 0 Å². The molecule has 0 saturated heterocycles. The summed E-state index contributed by atoms with van der Waals surface area (Å²) >= 11 is 1.31. The molecule has 0 radical (unpaired) electrons. The molecule has 110 valence electrons. The zero-order valence-electron chi connectivity index (χ0n) is 11.0. The van der Waals surface area contributed by atoms with Gasteiger partial charge < -0.3 is 10.1 Å². The van der Waals surface area contributed by atoms with Crippen LogP contribution in [0.4, 0.5) is 11.5 Å². The van der Waals surface area contributed by atoms with Gasteiger partial charge in [-0.3, -0.25) is 10.1 Å². The van der Waals surface area contributed by atoms with Crippen LogP contribution in [0.1, 0.15) is 12.7 Å². The SMILES string of the molecule is CCn1c([N+](=O)[O-])cnc1CSc1ccc([N+](=O)[O-])cn1. The highest BCUT2D eigenvalue weighted by atomic mass is 32.2. The Morgan fingerprint density at radius 3 is 2.48 bits per heavy atom. The zero-order chi connectivity index (χ0) is 15.4. The molecule has 0 aliphatic carbocycles. The van der Waals surface area contributed by atoms with Gasteiger partial charge in [-0.25, -0.2) is 14.5 Å². The minimum atomic E-state index is -0.519. The van der Waals surface area contributed by atoms with Crippen LogP contribution in [-0.4, -0.2) is 24.4 Å². The lowest BCUT2D eigenvalue weighted by molar-refractivity contribution is -0.392. The average molecular weight is 309 g/mol. The lowest BCUT2D eigenvalue weighted by Gasteiger charge is -2.02. The zero-order valence-corrected chi connectivity index (χ0v) is 11.8. The minimum Gasteiger partial charge on any atom is -0.358 e. The van der Waals surface area contributed by atoms with Crippen molar-refractivity contribution >= 4 is 23.3 Å². The third kappa shape index (κ3) is 3.34. The molecule has 2 aromatic rings. The van der Waals surface area contributed by atoms with E-state index in [2.05, 4.69) is 9.97 Å². The molecular weight excluding hydrogens is 298 g/mol. The van der Waals surface area contributed by atoms with Crippen LogP contribution in [0, 0.1) is 20.2 Å². The summed E-state index contributed by atoms with van der Waals surface area (Å²) in [4.78, 5) is 28.4. The minimum absolute atomic E-state index is 0.0511. The Labute approximate surface area is 123 Å². The van der Waals surface area contributed by atoms with Crippen LogP contribution in [0.2, 0.25) is 0 Å². The molecule has 2 aromatic heterocycles. The Morgan fingerprint density at radius 1 is 1.19 bits per heavy atom. The van der Waals surface area contributed by atoms with Crippen molar-refractivity contribution in [1.82, 2.24) is 14.5 Å². The third-order valence-electron chi connectivity index (χ3n) is 2.70. The van der Waals surface area contributed by atoms with Gasteiger partial charge in [0.2, 0.25) is 5.82 Å². The first-order chi connectivity index (χ1) is 10.0. The number of thioether (sulfide) groups is 1. The van der Waals surface area contributed by atoms with Gasteiger partial charge in [0.25, 0.3) is 5.69 Å². The molecule has 0 unspecified atom stereocenters. The third-order valence-corrected chi connectivity index (χ3v) is 3.64. The Bertz CT molecular complexity index is 670. The quantitative estimate of drug-likeness (QED) is 0.456. The summed E-state index contributed by atoms with van der Waals surface area (Å²) in [6.07, 6.45) is 2.40. The highest BCUT2D eigenvalue weighted by Crippen LogP contribution is 2.24. The normalized spacial score (nSPS) is 10.5. The molecule has 0 bridgehead atoms. The summed E-state index contributed by atoms with van der Waals surface area (Å²) in [5.74, 6) is 0.908. The molecule has 0 aliphatic rings. The van der Waals surface area contributed by atoms with Crippen LogP contribution < -0.4 is 0 Å². The summed E-state index contributed by atoms with van der Waals surface area (Å²) in [6.45, 7) is 2.24. The van der Waals surface area contributed by atoms with E-state index in [1.807, 2.05) is 0 Å². The molecule has 0 atom stereocenters. The van der Waals surface area contributed by atoms with Crippen molar-refractivity contribution in [3.8, 4) is 0 Å². The van der Waals surface area contributed by atoms with Gasteiger partial charge in [0.1, 0.15) is 12.4 Å². The lowest BCUT2D eigenvalue weighted by Crippen LogP contribution is -2.04. The number of nitrogens with zero attached hydrogens (tertiary/aromatic N) is 5. The van der Waals surface area contributed by atoms with Gasteiger partial charge in [0.15, 0.2) is 0 Å². The van der Waals surface area contributed by atoms with Crippen molar-refractivity contribution in [3.63, 3.8) is 0 Å². The highest BCUT2D eigenvalue weighted by molar-refractivity contribution is 7.98. The fourth-order valence-electron chi connectivity index (χ4n) is 1.71. The Hall–Kier alpha value is -2.49. The summed E-state index contributed by atoms with van der Waals surface area (Å²) in [5.41, 5.74) is -0.0787. The number of nitro groups is 2. The van der Waals surface area contributed by atoms with Crippen LogP contribution in [0.5, 0.6) is 0 Å². The summed E-state index contributed by atoms with van der Waals surface area (Å²) < 4.78 is 1.51. The largest absolute Gasteiger partial charge is 0.358 e. The molecule has 2 rings (SSSR count). The molecule has 0 N–H and O–H groups in total. The first kappa shape index (κ1) is 14.9. The average Bonchev–Trinajstić information content (AvgIpc) is 2.88. The number of hydrogen-bond donors (Lipinski definition) is 0. The molecule has 0 saturated carbocycles. The van der Waals surface area contributed by atoms with Crippen molar-refractivity contribution in [1.29, 1.82) is 0 Å². The molecule has 10 heteroatoms. The first-order valence-electron chi connectivity index (χ1n) is 5.95. The molecule has 0 aliphatic heterocycles. The second-order valence-electron chi connectivity index (χ2n) is 3.93. The van der Waals surface area contributed by atoms with Crippen molar-refractivity contribution in [3.05, 3.63) is 50.6 Å². The van der Waals surface area contributed by atoms with E-state index in [1.165, 1.54) is 40.9 Å².